The number of hydrogen-bond donors (Lipinski definition) is 0. The third-order valence-electron chi connectivity index (χ3n) is 5.06. The van der Waals surface area contributed by atoms with Crippen LogP contribution in [0.25, 0.3) is 59.9 Å². The van der Waals surface area contributed by atoms with Crippen molar-refractivity contribution >= 4 is 105 Å². The minimum atomic E-state index is 0.934. The number of benzene rings is 4. The molecule has 7 rings (SSSR count). The minimum absolute atomic E-state index is 0.934. The molecule has 4 bridgehead atoms. The van der Waals surface area contributed by atoms with Crippen molar-refractivity contribution in [1.29, 1.82) is 0 Å². The Morgan fingerprint density at radius 3 is 0.733 bits per heavy atom. The van der Waals surface area contributed by atoms with Crippen LogP contribution in [0.1, 0.15) is 0 Å². The van der Waals surface area contributed by atoms with E-state index in [2.05, 4.69) is 72.8 Å². The smallest absolute Gasteiger partial charge is 0.161 e. The molecule has 7 aromatic rings. The lowest BCUT2D eigenvalue weighted by Crippen LogP contribution is -1.77. The Bertz CT molecular complexity index is 1560. The van der Waals surface area contributed by atoms with Gasteiger partial charge in [0.2, 0.25) is 0 Å². The lowest BCUT2D eigenvalue weighted by molar-refractivity contribution is 0.671. The van der Waals surface area contributed by atoms with E-state index in [0.717, 1.165) is 59.9 Å². The van der Waals surface area contributed by atoms with Crippen LogP contribution in [0, 0.1) is 0 Å². The molecule has 0 radical (unpaired) electrons. The zero-order chi connectivity index (χ0) is 19.7. The number of hydrogen-bond acceptors (Lipinski definition) is 6. The molecule has 4 aromatic carbocycles. The zero-order valence-corrected chi connectivity index (χ0v) is 18.6. The summed E-state index contributed by atoms with van der Waals surface area (Å²) in [5, 5.41) is 0. The van der Waals surface area contributed by atoms with Gasteiger partial charge >= 0.3 is 0 Å². The maximum atomic E-state index is 6.58. The molecule has 3 aromatic heterocycles. The first-order valence-electron chi connectivity index (χ1n) is 9.43. The van der Waals surface area contributed by atoms with Crippen molar-refractivity contribution in [2.45, 2.75) is 0 Å². The van der Waals surface area contributed by atoms with E-state index in [0.29, 0.717) is 0 Å². The predicted molar refractivity (Wildman–Crippen MR) is 134 cm³/mol. The topological polar surface area (TPSA) is 26.3 Å². The molecule has 0 unspecified atom stereocenters. The maximum absolute atomic E-state index is 6.58. The van der Waals surface area contributed by atoms with E-state index in [-0.39, 0.29) is 0 Å². The summed E-state index contributed by atoms with van der Waals surface area (Å²) in [4.78, 5) is 0. The van der Waals surface area contributed by atoms with Crippen LogP contribution in [-0.2, 0) is 0 Å². The average Bonchev–Trinajstić information content (AvgIpc) is 2.77. The van der Waals surface area contributed by atoms with Gasteiger partial charge in [-0.05, 0) is 48.5 Å². The highest BCUT2D eigenvalue weighted by Crippen LogP contribution is 2.40. The van der Waals surface area contributed by atoms with Gasteiger partial charge in [-0.1, -0.05) is 24.3 Å². The first-order chi connectivity index (χ1) is 14.8. The van der Waals surface area contributed by atoms with Gasteiger partial charge in [-0.25, -0.2) is 0 Å². The van der Waals surface area contributed by atoms with Gasteiger partial charge < -0.3 is 8.83 Å². The first-order valence-corrected chi connectivity index (χ1v) is 12.7. The Morgan fingerprint density at radius 1 is 0.333 bits per heavy atom. The summed E-state index contributed by atoms with van der Waals surface area (Å²) < 4.78 is 22.2. The second-order valence-electron chi connectivity index (χ2n) is 6.95. The second-order valence-corrected chi connectivity index (χ2v) is 11.3. The average molecular weight is 461 g/mol. The van der Waals surface area contributed by atoms with Crippen LogP contribution in [0.3, 0.4) is 0 Å². The van der Waals surface area contributed by atoms with E-state index >= 15 is 0 Å². The van der Waals surface area contributed by atoms with Crippen LogP contribution >= 0.6 is 45.3 Å². The molecule has 3 heterocycles. The predicted octanol–water partition coefficient (Wildman–Crippen LogP) is 9.72. The number of rotatable bonds is 0. The molecule has 0 fully saturated rings. The number of para-hydroxylation sites is 4. The molecule has 0 amide bonds. The largest absolute Gasteiger partial charge is 0.451 e. The second kappa shape index (κ2) is 6.43. The molecule has 2 nitrogen and oxygen atoms in total. The normalized spacial score (nSPS) is 12.0. The van der Waals surface area contributed by atoms with Gasteiger partial charge in [-0.3, -0.25) is 0 Å². The Morgan fingerprint density at radius 2 is 0.533 bits per heavy atom. The molecule has 144 valence electrons. The molecule has 0 aliphatic carbocycles. The highest BCUT2D eigenvalue weighted by Gasteiger charge is 2.10. The van der Waals surface area contributed by atoms with Crippen LogP contribution < -0.4 is 0 Å². The van der Waals surface area contributed by atoms with Crippen molar-refractivity contribution in [2.24, 2.45) is 0 Å². The summed E-state index contributed by atoms with van der Waals surface area (Å²) in [5.41, 5.74) is 3.74. The van der Waals surface area contributed by atoms with Gasteiger partial charge in [0.15, 0.2) is 22.3 Å². The van der Waals surface area contributed by atoms with Crippen molar-refractivity contribution in [1.82, 2.24) is 0 Å². The van der Waals surface area contributed by atoms with E-state index in [1.807, 2.05) is 0 Å². The summed E-state index contributed by atoms with van der Waals surface area (Å²) in [5.74, 6) is 0. The van der Waals surface area contributed by atoms with Gasteiger partial charge in [-0.15, -0.1) is 45.3 Å². The summed E-state index contributed by atoms with van der Waals surface area (Å²) in [6, 6.07) is 25.5. The van der Waals surface area contributed by atoms with E-state index < -0.39 is 0 Å². The van der Waals surface area contributed by atoms with Crippen LogP contribution in [0.5, 0.6) is 0 Å². The Balaban J connectivity index is 1.87. The van der Waals surface area contributed by atoms with Gasteiger partial charge in [0, 0.05) is 0 Å². The Labute approximate surface area is 186 Å². The summed E-state index contributed by atoms with van der Waals surface area (Å²) in [6.45, 7) is 0. The third kappa shape index (κ3) is 2.51. The Hall–Kier alpha value is -2.64. The van der Waals surface area contributed by atoms with Crippen molar-refractivity contribution in [3.8, 4) is 0 Å². The fourth-order valence-electron chi connectivity index (χ4n) is 3.71. The maximum Gasteiger partial charge on any atom is 0.161 e. The third-order valence-corrected chi connectivity index (χ3v) is 9.39. The molecule has 0 saturated carbocycles. The van der Waals surface area contributed by atoms with E-state index in [1.54, 1.807) is 45.3 Å². The highest BCUT2D eigenvalue weighted by molar-refractivity contribution is 7.29. The molecule has 6 heteroatoms. The molecular weight excluding hydrogens is 449 g/mol. The van der Waals surface area contributed by atoms with Crippen LogP contribution in [-0.4, -0.2) is 0 Å². The van der Waals surface area contributed by atoms with Crippen LogP contribution in [0.4, 0.5) is 0 Å². The van der Waals surface area contributed by atoms with Gasteiger partial charge in [0.25, 0.3) is 0 Å². The standard InChI is InChI=1S/C24H12O2S4/c1-5-13-21-17(9-1)29-18-10-3-7-15-23(18)26-24-16(28-15)8-4-12-20(24)30-19-11-2-6-14(27-13)22(19)25-21/h1-12H. The van der Waals surface area contributed by atoms with Crippen LogP contribution in [0.15, 0.2) is 81.6 Å². The Kier molecular flexibility index (Phi) is 3.66. The molecule has 0 spiro atoms. The lowest BCUT2D eigenvalue weighted by Gasteiger charge is -2.06. The molecule has 0 N–H and O–H groups in total. The van der Waals surface area contributed by atoms with Crippen molar-refractivity contribution in [3.63, 3.8) is 0 Å². The molecule has 0 aliphatic heterocycles. The first kappa shape index (κ1) is 17.1. The fraction of sp³-hybridized carbons (Fsp3) is 0. The van der Waals surface area contributed by atoms with Crippen molar-refractivity contribution < 1.29 is 8.83 Å². The quantitative estimate of drug-likeness (QED) is 0.211. The lowest BCUT2D eigenvalue weighted by atomic mass is 10.3. The monoisotopic (exact) mass is 460 g/mol. The summed E-state index contributed by atoms with van der Waals surface area (Å²) in [7, 11) is 0. The van der Waals surface area contributed by atoms with E-state index in [1.165, 1.54) is 0 Å². The van der Waals surface area contributed by atoms with Crippen molar-refractivity contribution in [3.05, 3.63) is 72.8 Å². The molecule has 0 atom stereocenters. The SMILES string of the molecule is c1cc2sc3cccc4sc5cccc6sc7cccc(sc(c1)c2oc34)c7oc65. The minimum Gasteiger partial charge on any atom is -0.451 e. The zero-order valence-electron chi connectivity index (χ0n) is 15.4. The molecule has 30 heavy (non-hydrogen) atoms. The molecule has 0 aliphatic rings. The highest BCUT2D eigenvalue weighted by atomic mass is 32.1. The van der Waals surface area contributed by atoms with Gasteiger partial charge in [0.05, 0.1) is 37.6 Å². The molecular formula is C24H12O2S4. The fourth-order valence-corrected chi connectivity index (χ4v) is 8.04. The van der Waals surface area contributed by atoms with E-state index in [4.69, 9.17) is 8.83 Å². The summed E-state index contributed by atoms with van der Waals surface area (Å²) >= 11 is 6.97. The molecule has 0 saturated heterocycles. The van der Waals surface area contributed by atoms with Gasteiger partial charge in [0.1, 0.15) is 0 Å². The van der Waals surface area contributed by atoms with Gasteiger partial charge in [-0.2, -0.15) is 0 Å². The summed E-state index contributed by atoms with van der Waals surface area (Å²) in [6.07, 6.45) is 0. The van der Waals surface area contributed by atoms with E-state index in [9.17, 15) is 0 Å². The van der Waals surface area contributed by atoms with Crippen molar-refractivity contribution in [2.75, 3.05) is 0 Å². The van der Waals surface area contributed by atoms with Crippen LogP contribution in [0.2, 0.25) is 0 Å².